The first kappa shape index (κ1) is 19.8. The third kappa shape index (κ3) is 3.56. The summed E-state index contributed by atoms with van der Waals surface area (Å²) in [5.41, 5.74) is 1.14. The number of nitrogens with zero attached hydrogens (tertiary/aromatic N) is 3. The van der Waals surface area contributed by atoms with Crippen molar-refractivity contribution in [2.45, 2.75) is 12.6 Å². The van der Waals surface area contributed by atoms with Crippen LogP contribution in [0.4, 0.5) is 35.0 Å². The summed E-state index contributed by atoms with van der Waals surface area (Å²) in [4.78, 5) is 20.4. The third-order valence-electron chi connectivity index (χ3n) is 4.96. The van der Waals surface area contributed by atoms with Gasteiger partial charge in [-0.25, -0.2) is 4.79 Å². The number of aromatic nitrogens is 1. The summed E-state index contributed by atoms with van der Waals surface area (Å²) in [6.45, 7) is 0.271. The molecule has 2 heterocycles. The number of para-hydroxylation sites is 1. The summed E-state index contributed by atoms with van der Waals surface area (Å²) in [7, 11) is 1.20. The Hall–Kier alpha value is -3.55. The molecule has 5 nitrogen and oxygen atoms in total. The Kier molecular flexibility index (Phi) is 5.07. The maximum absolute atomic E-state index is 13.5. The lowest BCUT2D eigenvalue weighted by atomic mass is 10.1. The van der Waals surface area contributed by atoms with E-state index in [-0.39, 0.29) is 18.0 Å². The van der Waals surface area contributed by atoms with Gasteiger partial charge in [0.05, 0.1) is 24.0 Å². The van der Waals surface area contributed by atoms with E-state index in [0.29, 0.717) is 23.4 Å². The molecule has 4 rings (SSSR count). The molecule has 0 spiro atoms. The Morgan fingerprint density at radius 1 is 1.07 bits per heavy atom. The van der Waals surface area contributed by atoms with Crippen LogP contribution < -0.4 is 14.5 Å². The van der Waals surface area contributed by atoms with Crippen molar-refractivity contribution in [3.63, 3.8) is 0 Å². The molecule has 0 saturated carbocycles. The van der Waals surface area contributed by atoms with Crippen molar-refractivity contribution in [1.29, 1.82) is 0 Å². The zero-order valence-corrected chi connectivity index (χ0v) is 16.1. The van der Waals surface area contributed by atoms with Crippen LogP contribution in [0.5, 0.6) is 5.75 Å². The van der Waals surface area contributed by atoms with Crippen LogP contribution >= 0.6 is 0 Å². The second-order valence-corrected chi connectivity index (χ2v) is 6.74. The average molecular weight is 413 g/mol. The molecule has 0 bridgehead atoms. The number of benzene rings is 2. The summed E-state index contributed by atoms with van der Waals surface area (Å²) < 4.78 is 45.5. The number of carbonyl (C=O) groups is 1. The zero-order valence-electron chi connectivity index (χ0n) is 16.1. The van der Waals surface area contributed by atoms with Crippen molar-refractivity contribution in [2.75, 3.05) is 23.5 Å². The van der Waals surface area contributed by atoms with Crippen molar-refractivity contribution in [3.05, 3.63) is 78.1 Å². The molecule has 2 aromatic carbocycles. The van der Waals surface area contributed by atoms with Gasteiger partial charge in [0.1, 0.15) is 5.75 Å². The molecule has 0 radical (unpaired) electrons. The van der Waals surface area contributed by atoms with Crippen LogP contribution in [0.2, 0.25) is 0 Å². The molecule has 154 valence electrons. The van der Waals surface area contributed by atoms with Gasteiger partial charge >= 0.3 is 12.2 Å². The van der Waals surface area contributed by atoms with Crippen molar-refractivity contribution < 1.29 is 22.7 Å². The standard InChI is InChI=1S/C22H18F3N3O2/c1-30-20-13-15-9-12-27(19(15)14-18(20)22(23,24)25)21(29)28(16-5-3-2-4-6-16)17-7-10-26-11-8-17/h2-8,10-11,13-14H,9,12H2,1H3. The van der Waals surface area contributed by atoms with E-state index < -0.39 is 17.8 Å². The van der Waals surface area contributed by atoms with E-state index in [1.54, 1.807) is 48.8 Å². The van der Waals surface area contributed by atoms with E-state index >= 15 is 0 Å². The van der Waals surface area contributed by atoms with Crippen LogP contribution in [0.25, 0.3) is 0 Å². The second kappa shape index (κ2) is 7.70. The molecule has 0 fully saturated rings. The monoisotopic (exact) mass is 413 g/mol. The Balaban J connectivity index is 1.79. The number of pyridine rings is 1. The molecule has 30 heavy (non-hydrogen) atoms. The van der Waals surface area contributed by atoms with Gasteiger partial charge in [0.2, 0.25) is 0 Å². The predicted molar refractivity (Wildman–Crippen MR) is 107 cm³/mol. The van der Waals surface area contributed by atoms with E-state index in [1.165, 1.54) is 23.0 Å². The van der Waals surface area contributed by atoms with Crippen molar-refractivity contribution in [2.24, 2.45) is 0 Å². The lowest BCUT2D eigenvalue weighted by Crippen LogP contribution is -2.40. The third-order valence-corrected chi connectivity index (χ3v) is 4.96. The number of hydrogen-bond donors (Lipinski definition) is 0. The zero-order chi connectivity index (χ0) is 21.3. The van der Waals surface area contributed by atoms with E-state index in [2.05, 4.69) is 4.98 Å². The highest BCUT2D eigenvalue weighted by molar-refractivity contribution is 6.09. The van der Waals surface area contributed by atoms with Gasteiger partial charge in [-0.15, -0.1) is 0 Å². The van der Waals surface area contributed by atoms with Crippen LogP contribution in [0.15, 0.2) is 67.0 Å². The van der Waals surface area contributed by atoms with Crippen molar-refractivity contribution in [1.82, 2.24) is 4.98 Å². The Morgan fingerprint density at radius 3 is 2.37 bits per heavy atom. The number of anilines is 3. The summed E-state index contributed by atoms with van der Waals surface area (Å²) in [5, 5.41) is 0. The number of urea groups is 1. The van der Waals surface area contributed by atoms with E-state index in [4.69, 9.17) is 4.74 Å². The lowest BCUT2D eigenvalue weighted by molar-refractivity contribution is -0.138. The Bertz CT molecular complexity index is 1020. The van der Waals surface area contributed by atoms with Gasteiger partial charge in [0.25, 0.3) is 0 Å². The fourth-order valence-corrected chi connectivity index (χ4v) is 3.56. The van der Waals surface area contributed by atoms with Gasteiger partial charge in [-0.1, -0.05) is 18.2 Å². The van der Waals surface area contributed by atoms with E-state index in [0.717, 1.165) is 6.07 Å². The van der Waals surface area contributed by atoms with Crippen molar-refractivity contribution >= 4 is 23.1 Å². The first-order chi connectivity index (χ1) is 14.4. The topological polar surface area (TPSA) is 45.7 Å². The lowest BCUT2D eigenvalue weighted by Gasteiger charge is -2.29. The molecule has 1 aliphatic heterocycles. The fourth-order valence-electron chi connectivity index (χ4n) is 3.56. The summed E-state index contributed by atoms with van der Waals surface area (Å²) >= 11 is 0. The number of rotatable bonds is 3. The normalized spacial score (nSPS) is 13.1. The Morgan fingerprint density at radius 2 is 1.73 bits per heavy atom. The predicted octanol–water partition coefficient (Wildman–Crippen LogP) is 5.43. The van der Waals surface area contributed by atoms with Crippen LogP contribution in [0.3, 0.4) is 0 Å². The van der Waals surface area contributed by atoms with Crippen LogP contribution in [0, 0.1) is 0 Å². The maximum atomic E-state index is 13.5. The molecule has 3 aromatic rings. The first-order valence-electron chi connectivity index (χ1n) is 9.25. The molecule has 0 atom stereocenters. The molecular formula is C22H18F3N3O2. The molecule has 0 saturated heterocycles. The second-order valence-electron chi connectivity index (χ2n) is 6.74. The van der Waals surface area contributed by atoms with Gasteiger partial charge in [0.15, 0.2) is 0 Å². The number of halogens is 3. The minimum atomic E-state index is -4.60. The minimum Gasteiger partial charge on any atom is -0.496 e. The number of fused-ring (bicyclic) bond motifs is 1. The number of methoxy groups -OCH3 is 1. The smallest absolute Gasteiger partial charge is 0.420 e. The quantitative estimate of drug-likeness (QED) is 0.575. The minimum absolute atomic E-state index is 0.239. The number of alkyl halides is 3. The summed E-state index contributed by atoms with van der Waals surface area (Å²) in [6, 6.07) is 14.2. The molecule has 2 amide bonds. The van der Waals surface area contributed by atoms with Gasteiger partial charge in [0, 0.05) is 24.6 Å². The molecule has 0 N–H and O–H groups in total. The SMILES string of the molecule is COc1cc2c(cc1C(F)(F)F)N(C(=O)N(c1ccccc1)c1ccncc1)CC2. The number of hydrogen-bond acceptors (Lipinski definition) is 3. The highest BCUT2D eigenvalue weighted by Gasteiger charge is 2.38. The van der Waals surface area contributed by atoms with Gasteiger partial charge in [-0.05, 0) is 48.4 Å². The van der Waals surface area contributed by atoms with Crippen LogP contribution in [0.1, 0.15) is 11.1 Å². The highest BCUT2D eigenvalue weighted by Crippen LogP contribution is 2.43. The molecule has 8 heteroatoms. The maximum Gasteiger partial charge on any atom is 0.420 e. The highest BCUT2D eigenvalue weighted by atomic mass is 19.4. The molecule has 0 aliphatic carbocycles. The fraction of sp³-hybridized carbons (Fsp3) is 0.182. The molecule has 1 aliphatic rings. The van der Waals surface area contributed by atoms with E-state index in [1.807, 2.05) is 6.07 Å². The molecule has 0 unspecified atom stereocenters. The number of carbonyl (C=O) groups excluding carboxylic acids is 1. The Labute approximate surface area is 171 Å². The van der Waals surface area contributed by atoms with Crippen LogP contribution in [-0.2, 0) is 12.6 Å². The first-order valence-corrected chi connectivity index (χ1v) is 9.25. The van der Waals surface area contributed by atoms with Gasteiger partial charge < -0.3 is 4.74 Å². The van der Waals surface area contributed by atoms with Crippen molar-refractivity contribution in [3.8, 4) is 5.75 Å². The van der Waals surface area contributed by atoms with Gasteiger partial charge in [-0.2, -0.15) is 13.2 Å². The summed E-state index contributed by atoms with van der Waals surface area (Å²) in [5.74, 6) is -0.246. The van der Waals surface area contributed by atoms with Gasteiger partial charge in [-0.3, -0.25) is 14.8 Å². The van der Waals surface area contributed by atoms with E-state index in [9.17, 15) is 18.0 Å². The molecule has 1 aromatic heterocycles. The molecular weight excluding hydrogens is 395 g/mol. The summed E-state index contributed by atoms with van der Waals surface area (Å²) in [6.07, 6.45) is -1.04. The number of ether oxygens (including phenoxy) is 1. The number of amides is 2. The van der Waals surface area contributed by atoms with Crippen LogP contribution in [-0.4, -0.2) is 24.7 Å². The largest absolute Gasteiger partial charge is 0.496 e. The average Bonchev–Trinajstić information content (AvgIpc) is 3.17.